The van der Waals surface area contributed by atoms with Gasteiger partial charge in [0.15, 0.2) is 0 Å². The molecule has 1 heterocycles. The standard InChI is InChI=1S/C6H6O.C3H5O.Na/c7-6-4-2-1-3-5-6;1-3-2-4-3;/h1-5,7H;3H,1-2H2;. The summed E-state index contributed by atoms with van der Waals surface area (Å²) in [5, 5.41) is 8.63. The van der Waals surface area contributed by atoms with Crippen LogP contribution in [0.15, 0.2) is 30.3 Å². The van der Waals surface area contributed by atoms with Gasteiger partial charge in [-0.25, -0.2) is 0 Å². The molecule has 1 N–H and O–H groups in total. The van der Waals surface area contributed by atoms with Crippen LogP contribution in [0.3, 0.4) is 0 Å². The minimum absolute atomic E-state index is 0.322. The molecule has 0 aromatic heterocycles. The van der Waals surface area contributed by atoms with Crippen molar-refractivity contribution in [2.75, 3.05) is 6.61 Å². The Kier molecular flexibility index (Phi) is 4.69. The summed E-state index contributed by atoms with van der Waals surface area (Å²) < 4.78 is 6.23. The Morgan fingerprint density at radius 1 is 1.42 bits per heavy atom. The van der Waals surface area contributed by atoms with Crippen LogP contribution < -0.4 is 0 Å². The number of benzene rings is 1. The summed E-state index contributed by atoms with van der Waals surface area (Å²) in [7, 11) is 0. The molecular weight excluding hydrogens is 163 g/mol. The van der Waals surface area contributed by atoms with Gasteiger partial charge in [0.25, 0.3) is 0 Å². The van der Waals surface area contributed by atoms with Gasteiger partial charge in [0.2, 0.25) is 0 Å². The molecule has 12 heavy (non-hydrogen) atoms. The van der Waals surface area contributed by atoms with Crippen LogP contribution in [0.2, 0.25) is 3.67 Å². The first-order valence-electron chi connectivity index (χ1n) is 4.18. The van der Waals surface area contributed by atoms with Gasteiger partial charge in [-0.2, -0.15) is 0 Å². The second-order valence-electron chi connectivity index (χ2n) is 2.70. The molecule has 0 radical (unpaired) electrons. The summed E-state index contributed by atoms with van der Waals surface area (Å²) in [5.41, 5.74) is 0. The third-order valence-corrected chi connectivity index (χ3v) is 2.52. The maximum absolute atomic E-state index is 8.63. The third kappa shape index (κ3) is 4.78. The van der Waals surface area contributed by atoms with Crippen molar-refractivity contribution in [1.29, 1.82) is 0 Å². The summed E-state index contributed by atoms with van der Waals surface area (Å²) >= 11 is 1.31. The van der Waals surface area contributed by atoms with Crippen LogP contribution in [0.5, 0.6) is 5.75 Å². The zero-order valence-electron chi connectivity index (χ0n) is 7.23. The Bertz CT molecular complexity index is 209. The summed E-state index contributed by atoms with van der Waals surface area (Å²) in [6.45, 7) is 1.05. The van der Waals surface area contributed by atoms with E-state index < -0.39 is 0 Å². The number of epoxide rings is 1. The average Bonchev–Trinajstić information content (AvgIpc) is 2.89. The number of hydrogen-bond acceptors (Lipinski definition) is 2. The van der Waals surface area contributed by atoms with Gasteiger partial charge in [0.05, 0.1) is 0 Å². The molecule has 2 rings (SSSR count). The van der Waals surface area contributed by atoms with Crippen LogP contribution in [-0.4, -0.2) is 45.7 Å². The van der Waals surface area contributed by atoms with Crippen molar-refractivity contribution < 1.29 is 9.84 Å². The maximum atomic E-state index is 8.63. The second-order valence-corrected chi connectivity index (χ2v) is 3.52. The van der Waals surface area contributed by atoms with Crippen LogP contribution in [0.25, 0.3) is 0 Å². The van der Waals surface area contributed by atoms with Crippen molar-refractivity contribution in [1.82, 2.24) is 0 Å². The first-order chi connectivity index (χ1) is 5.83. The monoisotopic (exact) mass is 174 g/mol. The first-order valence-corrected chi connectivity index (χ1v) is 5.60. The van der Waals surface area contributed by atoms with Crippen LogP contribution in [0, 0.1) is 0 Å². The topological polar surface area (TPSA) is 32.8 Å². The van der Waals surface area contributed by atoms with E-state index in [0.717, 1.165) is 6.61 Å². The van der Waals surface area contributed by atoms with Gasteiger partial charge in [-0.1, -0.05) is 18.2 Å². The Balaban J connectivity index is 0.000000127. The Labute approximate surface area is 90.0 Å². The summed E-state index contributed by atoms with van der Waals surface area (Å²) in [6.07, 6.45) is 0.696. The van der Waals surface area contributed by atoms with Gasteiger partial charge >= 0.3 is 49.0 Å². The van der Waals surface area contributed by atoms with Gasteiger partial charge in [0, 0.05) is 0 Å². The van der Waals surface area contributed by atoms with E-state index in [-0.39, 0.29) is 0 Å². The second kappa shape index (κ2) is 5.60. The van der Waals surface area contributed by atoms with Crippen LogP contribution >= 0.6 is 0 Å². The zero-order valence-corrected chi connectivity index (χ0v) is 9.23. The molecule has 0 bridgehead atoms. The van der Waals surface area contributed by atoms with Crippen molar-refractivity contribution in [3.05, 3.63) is 30.3 Å². The van der Waals surface area contributed by atoms with Crippen LogP contribution in [0.1, 0.15) is 0 Å². The van der Waals surface area contributed by atoms with Crippen molar-refractivity contribution in [2.24, 2.45) is 0 Å². The Morgan fingerprint density at radius 2 is 2.00 bits per heavy atom. The molecule has 3 heteroatoms. The molecule has 1 fully saturated rings. The number of aromatic hydroxyl groups is 1. The molecule has 1 aromatic carbocycles. The molecule has 60 valence electrons. The van der Waals surface area contributed by atoms with E-state index in [1.54, 1.807) is 24.3 Å². The summed E-state index contributed by atoms with van der Waals surface area (Å²) in [6, 6.07) is 8.71. The number of rotatable bonds is 1. The number of phenols is 1. The quantitative estimate of drug-likeness (QED) is 0.515. The molecule has 1 unspecified atom stereocenters. The van der Waals surface area contributed by atoms with Crippen molar-refractivity contribution in [2.45, 2.75) is 9.77 Å². The van der Waals surface area contributed by atoms with Crippen molar-refractivity contribution in [3.63, 3.8) is 0 Å². The normalized spacial score (nSPS) is 19.3. The van der Waals surface area contributed by atoms with Gasteiger partial charge in [-0.15, -0.1) is 0 Å². The predicted octanol–water partition coefficient (Wildman–Crippen LogP) is 1.36. The molecule has 0 spiro atoms. The number of phenolic OH excluding ortho intramolecular Hbond substituents is 1. The fourth-order valence-corrected chi connectivity index (χ4v) is 1.20. The van der Waals surface area contributed by atoms with E-state index in [1.807, 2.05) is 6.07 Å². The fraction of sp³-hybridized carbons (Fsp3) is 0.333. The summed E-state index contributed by atoms with van der Waals surface area (Å²) in [5.74, 6) is 0.322. The third-order valence-electron chi connectivity index (χ3n) is 1.61. The van der Waals surface area contributed by atoms with Crippen LogP contribution in [0.4, 0.5) is 0 Å². The van der Waals surface area contributed by atoms with Gasteiger partial charge in [-0.05, 0) is 12.1 Å². The SMILES string of the molecule is Oc1ccccc1.[Na][CH2]C1CO1. The van der Waals surface area contributed by atoms with E-state index in [4.69, 9.17) is 9.84 Å². The minimum atomic E-state index is 0.322. The molecular formula is C9H11NaO2. The van der Waals surface area contributed by atoms with Gasteiger partial charge in [0.1, 0.15) is 5.75 Å². The molecule has 1 atom stereocenters. The molecule has 1 saturated heterocycles. The summed E-state index contributed by atoms with van der Waals surface area (Å²) in [4.78, 5) is 0. The molecule has 1 aliphatic rings. The number of hydrogen-bond donors (Lipinski definition) is 1. The molecule has 0 amide bonds. The molecule has 1 aliphatic heterocycles. The van der Waals surface area contributed by atoms with E-state index in [9.17, 15) is 0 Å². The predicted molar refractivity (Wildman–Crippen MR) is 48.4 cm³/mol. The molecule has 0 aliphatic carbocycles. The van der Waals surface area contributed by atoms with E-state index in [1.165, 1.54) is 31.6 Å². The van der Waals surface area contributed by atoms with E-state index in [0.29, 0.717) is 11.9 Å². The average molecular weight is 174 g/mol. The van der Waals surface area contributed by atoms with E-state index in [2.05, 4.69) is 0 Å². The first kappa shape index (κ1) is 10.1. The van der Waals surface area contributed by atoms with Crippen LogP contribution in [-0.2, 0) is 4.74 Å². The Morgan fingerprint density at radius 3 is 2.17 bits per heavy atom. The number of ether oxygens (including phenoxy) is 1. The zero-order chi connectivity index (χ0) is 8.81. The molecule has 2 nitrogen and oxygen atoms in total. The Hall–Kier alpha value is -0.0200. The molecule has 0 saturated carbocycles. The molecule has 1 aromatic rings. The van der Waals surface area contributed by atoms with Gasteiger partial charge in [-0.3, -0.25) is 0 Å². The van der Waals surface area contributed by atoms with E-state index >= 15 is 0 Å². The number of para-hydroxylation sites is 1. The fourth-order valence-electron chi connectivity index (χ4n) is 0.732. The van der Waals surface area contributed by atoms with Crippen molar-refractivity contribution >= 4 is 27.9 Å². The van der Waals surface area contributed by atoms with Gasteiger partial charge < -0.3 is 5.11 Å². The van der Waals surface area contributed by atoms with Crippen molar-refractivity contribution in [3.8, 4) is 5.75 Å².